The molecule has 6 rings (SSSR count). The number of benzene rings is 2. The summed E-state index contributed by atoms with van der Waals surface area (Å²) in [6, 6.07) is 11.4. The summed E-state index contributed by atoms with van der Waals surface area (Å²) in [5.74, 6) is 0.647. The molecule has 1 saturated carbocycles. The minimum absolute atomic E-state index is 0.218. The van der Waals surface area contributed by atoms with E-state index in [1.54, 1.807) is 18.2 Å². The summed E-state index contributed by atoms with van der Waals surface area (Å²) in [5, 5.41) is 11.2. The van der Waals surface area contributed by atoms with E-state index in [9.17, 15) is 18.3 Å². The highest BCUT2D eigenvalue weighted by Gasteiger charge is 2.43. The van der Waals surface area contributed by atoms with Gasteiger partial charge < -0.3 is 14.7 Å². The number of aliphatic hydroxyl groups is 1. The van der Waals surface area contributed by atoms with Crippen LogP contribution in [0.25, 0.3) is 0 Å². The molecule has 0 radical (unpaired) electrons. The highest BCUT2D eigenvalue weighted by Crippen LogP contribution is 2.46. The maximum atomic E-state index is 13.0. The minimum Gasteiger partial charge on any atom is -0.490 e. The zero-order chi connectivity index (χ0) is 27.2. The number of ether oxygens (including phenoxy) is 1. The van der Waals surface area contributed by atoms with Gasteiger partial charge in [-0.25, -0.2) is 13.1 Å². The van der Waals surface area contributed by atoms with E-state index in [0.29, 0.717) is 30.6 Å². The van der Waals surface area contributed by atoms with Crippen molar-refractivity contribution in [3.63, 3.8) is 0 Å². The van der Waals surface area contributed by atoms with Crippen molar-refractivity contribution in [2.24, 2.45) is 11.8 Å². The van der Waals surface area contributed by atoms with Gasteiger partial charge >= 0.3 is 0 Å². The number of hydrogen-bond acceptors (Lipinski definition) is 6. The largest absolute Gasteiger partial charge is 0.490 e. The molecular weight excluding hydrogens is 536 g/mol. The number of halogens is 1. The minimum atomic E-state index is -3.89. The van der Waals surface area contributed by atoms with E-state index in [2.05, 4.69) is 21.8 Å². The number of nitrogens with one attached hydrogen (secondary N) is 1. The summed E-state index contributed by atoms with van der Waals surface area (Å²) in [6.07, 6.45) is 9.01. The molecule has 0 unspecified atom stereocenters. The normalized spacial score (nSPS) is 31.1. The first-order chi connectivity index (χ1) is 18.7. The quantitative estimate of drug-likeness (QED) is 0.449. The average Bonchev–Trinajstić information content (AvgIpc) is 3.03. The molecule has 1 amide bonds. The monoisotopic (exact) mass is 570 g/mol. The second-order valence-corrected chi connectivity index (χ2v) is 13.9. The van der Waals surface area contributed by atoms with Crippen molar-refractivity contribution >= 4 is 33.2 Å². The van der Waals surface area contributed by atoms with E-state index in [0.717, 1.165) is 62.3 Å². The zero-order valence-corrected chi connectivity index (χ0v) is 23.5. The molecule has 4 atom stereocenters. The van der Waals surface area contributed by atoms with Gasteiger partial charge in [0.25, 0.3) is 5.91 Å². The number of carbonyl (C=O) groups is 1. The molecule has 9 heteroatoms. The van der Waals surface area contributed by atoms with Crippen LogP contribution in [0.4, 0.5) is 5.69 Å². The van der Waals surface area contributed by atoms with Crippen LogP contribution in [0.2, 0.25) is 5.02 Å². The number of carbonyl (C=O) groups excluding carboxylic acids is 1. The van der Waals surface area contributed by atoms with Gasteiger partial charge in [0.2, 0.25) is 10.0 Å². The lowest BCUT2D eigenvalue weighted by Crippen LogP contribution is -2.48. The van der Waals surface area contributed by atoms with E-state index in [-0.39, 0.29) is 16.7 Å². The van der Waals surface area contributed by atoms with Gasteiger partial charge in [0.1, 0.15) is 5.75 Å². The van der Waals surface area contributed by atoms with E-state index in [1.807, 2.05) is 6.07 Å². The Morgan fingerprint density at radius 2 is 1.90 bits per heavy atom. The van der Waals surface area contributed by atoms with Gasteiger partial charge in [-0.2, -0.15) is 0 Å². The Hall–Kier alpha value is -2.55. The molecule has 4 aliphatic rings. The molecule has 2 heterocycles. The molecule has 0 aromatic heterocycles. The van der Waals surface area contributed by atoms with E-state index >= 15 is 0 Å². The molecule has 2 aromatic rings. The Morgan fingerprint density at radius 3 is 2.72 bits per heavy atom. The summed E-state index contributed by atoms with van der Waals surface area (Å²) in [7, 11) is -3.89. The Balaban J connectivity index is 1.40. The summed E-state index contributed by atoms with van der Waals surface area (Å²) in [5.41, 5.74) is 3.44. The summed E-state index contributed by atoms with van der Waals surface area (Å²) in [6.45, 7) is 2.09. The Kier molecular flexibility index (Phi) is 7.14. The van der Waals surface area contributed by atoms with Crippen LogP contribution in [-0.4, -0.2) is 51.0 Å². The summed E-state index contributed by atoms with van der Waals surface area (Å²) in [4.78, 5) is 15.4. The number of aryl methyl sites for hydroxylation is 1. The second kappa shape index (κ2) is 10.5. The van der Waals surface area contributed by atoms with Gasteiger partial charge in [-0.05, 0) is 98.2 Å². The number of fused-ring (bicyclic) bond motifs is 4. The van der Waals surface area contributed by atoms with E-state index < -0.39 is 22.0 Å². The predicted molar refractivity (Wildman–Crippen MR) is 152 cm³/mol. The molecular formula is C30H35ClN2O5S. The molecule has 2 aliphatic carbocycles. The molecule has 208 valence electrons. The topological polar surface area (TPSA) is 95.9 Å². The maximum absolute atomic E-state index is 13.0. The van der Waals surface area contributed by atoms with Crippen LogP contribution in [-0.2, 0) is 21.9 Å². The molecule has 2 aliphatic heterocycles. The third-order valence-electron chi connectivity index (χ3n) is 9.08. The lowest BCUT2D eigenvalue weighted by Gasteiger charge is -2.44. The van der Waals surface area contributed by atoms with Crippen LogP contribution < -0.4 is 14.4 Å². The molecule has 0 saturated heterocycles. The van der Waals surface area contributed by atoms with Gasteiger partial charge in [0.15, 0.2) is 0 Å². The zero-order valence-electron chi connectivity index (χ0n) is 21.9. The van der Waals surface area contributed by atoms with Crippen LogP contribution >= 0.6 is 11.6 Å². The number of anilines is 1. The van der Waals surface area contributed by atoms with Crippen LogP contribution in [0.15, 0.2) is 48.6 Å². The van der Waals surface area contributed by atoms with Gasteiger partial charge in [-0.1, -0.05) is 29.8 Å². The van der Waals surface area contributed by atoms with Crippen molar-refractivity contribution in [1.82, 2.24) is 4.72 Å². The van der Waals surface area contributed by atoms with E-state index in [4.69, 9.17) is 16.3 Å². The SMILES string of the molecule is O=C1NS(=O)(=O)C/C=C\[C@H](O)CC[C@@H]2CC[C@H]2CN2C[C@@]3(CCCc4cc(Cl)ccc43)COc3ccc1cc32. The maximum Gasteiger partial charge on any atom is 0.264 e. The van der Waals surface area contributed by atoms with Gasteiger partial charge in [-0.15, -0.1) is 0 Å². The van der Waals surface area contributed by atoms with Crippen LogP contribution in [0.3, 0.4) is 0 Å². The molecule has 1 spiro atoms. The molecule has 2 bridgehead atoms. The third kappa shape index (κ3) is 5.43. The Morgan fingerprint density at radius 1 is 1.08 bits per heavy atom. The number of nitrogens with zero attached hydrogens (tertiary/aromatic N) is 1. The fraction of sp³-hybridized carbons (Fsp3) is 0.500. The van der Waals surface area contributed by atoms with Gasteiger partial charge in [0, 0.05) is 29.1 Å². The molecule has 39 heavy (non-hydrogen) atoms. The van der Waals surface area contributed by atoms with Crippen molar-refractivity contribution in [3.05, 3.63) is 70.3 Å². The molecule has 2 N–H and O–H groups in total. The number of sulfonamides is 1. The highest BCUT2D eigenvalue weighted by molar-refractivity contribution is 7.90. The average molecular weight is 571 g/mol. The van der Waals surface area contributed by atoms with E-state index in [1.165, 1.54) is 23.3 Å². The first kappa shape index (κ1) is 26.7. The van der Waals surface area contributed by atoms with Crippen LogP contribution in [0.1, 0.15) is 60.0 Å². The smallest absolute Gasteiger partial charge is 0.264 e. The van der Waals surface area contributed by atoms with Crippen LogP contribution in [0.5, 0.6) is 5.75 Å². The first-order valence-corrected chi connectivity index (χ1v) is 15.9. The van der Waals surface area contributed by atoms with Gasteiger partial charge in [0.05, 0.1) is 24.2 Å². The number of amides is 1. The summed E-state index contributed by atoms with van der Waals surface area (Å²) >= 11 is 6.36. The molecule has 1 fully saturated rings. The summed E-state index contributed by atoms with van der Waals surface area (Å²) < 4.78 is 33.8. The molecule has 7 nitrogen and oxygen atoms in total. The standard InChI is InChI=1S/C30H35ClN2O5S/c31-24-9-11-26-21(15-24)3-1-13-30(26)18-33-17-23-6-5-20(23)7-10-25(34)4-2-14-39(36,37)32-29(35)22-8-12-28(38-19-30)27(33)16-22/h2,4,8-9,11-12,15-16,20,23,25,34H,1,3,5-7,10,13-14,17-19H2,(H,32,35)/b4-2-/t20-,23-,25-,30-/m0/s1. The van der Waals surface area contributed by atoms with Crippen molar-refractivity contribution < 1.29 is 23.1 Å². The Bertz CT molecular complexity index is 1410. The second-order valence-electron chi connectivity index (χ2n) is 11.7. The third-order valence-corrected chi connectivity index (χ3v) is 10.4. The highest BCUT2D eigenvalue weighted by atomic mass is 35.5. The number of rotatable bonds is 0. The van der Waals surface area contributed by atoms with Crippen molar-refractivity contribution in [3.8, 4) is 5.75 Å². The van der Waals surface area contributed by atoms with Crippen molar-refractivity contribution in [1.29, 1.82) is 0 Å². The lowest BCUT2D eigenvalue weighted by molar-refractivity contribution is 0.0981. The predicted octanol–water partition coefficient (Wildman–Crippen LogP) is 4.61. The van der Waals surface area contributed by atoms with Crippen LogP contribution in [0, 0.1) is 11.8 Å². The molecule has 2 aromatic carbocycles. The number of hydrogen-bond donors (Lipinski definition) is 2. The van der Waals surface area contributed by atoms with Gasteiger partial charge in [-0.3, -0.25) is 4.79 Å². The van der Waals surface area contributed by atoms with Crippen molar-refractivity contribution in [2.75, 3.05) is 30.3 Å². The number of aliphatic hydroxyl groups excluding tert-OH is 1. The fourth-order valence-corrected chi connectivity index (χ4v) is 7.90. The fourth-order valence-electron chi connectivity index (χ4n) is 6.86. The first-order valence-electron chi connectivity index (χ1n) is 13.9. The Labute approximate surface area is 235 Å². The lowest BCUT2D eigenvalue weighted by atomic mass is 9.68. The van der Waals surface area contributed by atoms with Crippen molar-refractivity contribution in [2.45, 2.75) is 56.5 Å².